The summed E-state index contributed by atoms with van der Waals surface area (Å²) in [6.07, 6.45) is -1.23. The molecule has 1 N–H and O–H groups in total. The molecule has 1 aliphatic rings. The molecule has 22 heavy (non-hydrogen) atoms. The summed E-state index contributed by atoms with van der Waals surface area (Å²) >= 11 is 0. The Bertz CT molecular complexity index is 450. The lowest BCUT2D eigenvalue weighted by Crippen LogP contribution is -2.58. The second-order valence-electron chi connectivity index (χ2n) is 5.28. The van der Waals surface area contributed by atoms with E-state index < -0.39 is 24.6 Å². The van der Waals surface area contributed by atoms with Crippen molar-refractivity contribution in [2.75, 3.05) is 13.7 Å². The number of methoxy groups -OCH3 is 1. The number of ether oxygens (including phenoxy) is 4. The minimum atomic E-state index is -0.836. The highest BCUT2D eigenvalue weighted by atomic mass is 16.7. The molecule has 122 valence electrons. The molecule has 0 bridgehead atoms. The van der Waals surface area contributed by atoms with E-state index in [0.29, 0.717) is 13.2 Å². The summed E-state index contributed by atoms with van der Waals surface area (Å²) < 4.78 is 22.4. The van der Waals surface area contributed by atoms with Gasteiger partial charge in [0.25, 0.3) is 0 Å². The minimum Gasteiger partial charge on any atom is -0.387 e. The van der Waals surface area contributed by atoms with Crippen molar-refractivity contribution in [1.29, 1.82) is 0 Å². The van der Waals surface area contributed by atoms with E-state index in [1.807, 2.05) is 37.3 Å². The number of rotatable bonds is 7. The lowest BCUT2D eigenvalue weighted by atomic mass is 9.99. The Labute approximate surface area is 131 Å². The highest BCUT2D eigenvalue weighted by molar-refractivity contribution is 5.13. The molecule has 1 saturated heterocycles. The Hall–Kier alpha value is -1.24. The van der Waals surface area contributed by atoms with E-state index in [9.17, 15) is 5.11 Å². The van der Waals surface area contributed by atoms with Crippen molar-refractivity contribution in [3.05, 3.63) is 48.6 Å². The number of aliphatic hydroxyl groups is 1. The summed E-state index contributed by atoms with van der Waals surface area (Å²) in [4.78, 5) is 0. The van der Waals surface area contributed by atoms with Gasteiger partial charge in [-0.15, -0.1) is 6.58 Å². The van der Waals surface area contributed by atoms with E-state index >= 15 is 0 Å². The molecule has 1 heterocycles. The average Bonchev–Trinajstić information content (AvgIpc) is 2.54. The first-order chi connectivity index (χ1) is 10.7. The summed E-state index contributed by atoms with van der Waals surface area (Å²) in [5.41, 5.74) is 1.04. The van der Waals surface area contributed by atoms with Crippen LogP contribution in [0.5, 0.6) is 0 Å². The molecule has 1 fully saturated rings. The average molecular weight is 308 g/mol. The van der Waals surface area contributed by atoms with Crippen molar-refractivity contribution in [1.82, 2.24) is 0 Å². The van der Waals surface area contributed by atoms with Crippen LogP contribution < -0.4 is 0 Å². The van der Waals surface area contributed by atoms with E-state index in [0.717, 1.165) is 5.56 Å². The van der Waals surface area contributed by atoms with Crippen molar-refractivity contribution < 1.29 is 24.1 Å². The van der Waals surface area contributed by atoms with Gasteiger partial charge in [-0.2, -0.15) is 0 Å². The van der Waals surface area contributed by atoms with Gasteiger partial charge in [-0.3, -0.25) is 0 Å². The highest BCUT2D eigenvalue weighted by Crippen LogP contribution is 2.26. The smallest absolute Gasteiger partial charge is 0.186 e. The zero-order valence-electron chi connectivity index (χ0n) is 13.1. The van der Waals surface area contributed by atoms with E-state index in [2.05, 4.69) is 6.58 Å². The molecular formula is C17H24O5. The van der Waals surface area contributed by atoms with Crippen LogP contribution in [0, 0.1) is 0 Å². The molecule has 0 aliphatic carbocycles. The predicted molar refractivity (Wildman–Crippen MR) is 82.3 cm³/mol. The maximum Gasteiger partial charge on any atom is 0.186 e. The maximum atomic E-state index is 10.6. The molecule has 0 spiro atoms. The Balaban J connectivity index is 2.01. The summed E-state index contributed by atoms with van der Waals surface area (Å²) in [5.74, 6) is 0. The second kappa shape index (κ2) is 8.41. The predicted octanol–water partition coefficient (Wildman–Crippen LogP) is 1.90. The maximum absolute atomic E-state index is 10.6. The first kappa shape index (κ1) is 17.1. The molecule has 1 aliphatic heterocycles. The zero-order valence-corrected chi connectivity index (χ0v) is 13.1. The normalized spacial score (nSPS) is 31.9. The van der Waals surface area contributed by atoms with Crippen LogP contribution in [0.25, 0.3) is 0 Å². The molecule has 5 atom stereocenters. The van der Waals surface area contributed by atoms with Crippen LogP contribution in [0.15, 0.2) is 43.0 Å². The topological polar surface area (TPSA) is 57.2 Å². The van der Waals surface area contributed by atoms with Crippen LogP contribution in [0.2, 0.25) is 0 Å². The molecule has 0 saturated carbocycles. The fourth-order valence-electron chi connectivity index (χ4n) is 2.54. The first-order valence-electron chi connectivity index (χ1n) is 7.41. The van der Waals surface area contributed by atoms with Gasteiger partial charge in [0, 0.05) is 7.11 Å². The fourth-order valence-corrected chi connectivity index (χ4v) is 2.54. The first-order valence-corrected chi connectivity index (χ1v) is 7.41. The molecule has 0 aromatic heterocycles. The van der Waals surface area contributed by atoms with Crippen molar-refractivity contribution in [3.63, 3.8) is 0 Å². The number of benzene rings is 1. The van der Waals surface area contributed by atoms with Crippen LogP contribution in [0.3, 0.4) is 0 Å². The Morgan fingerprint density at radius 1 is 1.23 bits per heavy atom. The lowest BCUT2D eigenvalue weighted by Gasteiger charge is -2.42. The number of aliphatic hydroxyl groups excluding tert-OH is 1. The van der Waals surface area contributed by atoms with E-state index in [1.165, 1.54) is 7.11 Å². The van der Waals surface area contributed by atoms with Crippen molar-refractivity contribution in [3.8, 4) is 0 Å². The van der Waals surface area contributed by atoms with Crippen molar-refractivity contribution in [2.45, 2.75) is 44.2 Å². The summed E-state index contributed by atoms with van der Waals surface area (Å²) in [6, 6.07) is 9.81. The van der Waals surface area contributed by atoms with E-state index in [1.54, 1.807) is 6.08 Å². The molecule has 2 rings (SSSR count). The van der Waals surface area contributed by atoms with Gasteiger partial charge in [0.15, 0.2) is 6.29 Å². The molecule has 5 nitrogen and oxygen atoms in total. The van der Waals surface area contributed by atoms with Crippen LogP contribution >= 0.6 is 0 Å². The van der Waals surface area contributed by atoms with Crippen LogP contribution in [-0.2, 0) is 25.6 Å². The molecule has 5 heteroatoms. The van der Waals surface area contributed by atoms with Gasteiger partial charge in [0.05, 0.1) is 19.3 Å². The standard InChI is InChI=1S/C17H24O5/c1-4-10-20-16-14(18)15(12(2)22-17(16)19-3)21-11-13-8-6-5-7-9-13/h4-9,12,14-18H,1,10-11H2,2-3H3/t12-,14+,15-,16+,17+/m0/s1. The Morgan fingerprint density at radius 2 is 1.95 bits per heavy atom. The number of hydrogen-bond donors (Lipinski definition) is 1. The van der Waals surface area contributed by atoms with E-state index in [-0.39, 0.29) is 6.10 Å². The largest absolute Gasteiger partial charge is 0.387 e. The molecule has 1 aromatic rings. The number of hydrogen-bond acceptors (Lipinski definition) is 5. The third kappa shape index (κ3) is 4.15. The monoisotopic (exact) mass is 308 g/mol. The molecule has 1 aromatic carbocycles. The molecule has 0 unspecified atom stereocenters. The zero-order chi connectivity index (χ0) is 15.9. The fraction of sp³-hybridized carbons (Fsp3) is 0.529. The molecule has 0 amide bonds. The van der Waals surface area contributed by atoms with Gasteiger partial charge in [0.1, 0.15) is 18.3 Å². The SMILES string of the molecule is C=CCO[C@H]1[C@H](OC)O[C@@H](C)[C@H](OCc2ccccc2)[C@H]1O. The van der Waals surface area contributed by atoms with Crippen molar-refractivity contribution >= 4 is 0 Å². The van der Waals surface area contributed by atoms with Gasteiger partial charge in [-0.05, 0) is 12.5 Å². The van der Waals surface area contributed by atoms with E-state index in [4.69, 9.17) is 18.9 Å². The van der Waals surface area contributed by atoms with Gasteiger partial charge >= 0.3 is 0 Å². The highest BCUT2D eigenvalue weighted by Gasteiger charge is 2.45. The lowest BCUT2D eigenvalue weighted by molar-refractivity contribution is -0.302. The quantitative estimate of drug-likeness (QED) is 0.780. The molecule has 0 radical (unpaired) electrons. The van der Waals surface area contributed by atoms with Gasteiger partial charge in [0.2, 0.25) is 0 Å². The van der Waals surface area contributed by atoms with Gasteiger partial charge in [-0.25, -0.2) is 0 Å². The van der Waals surface area contributed by atoms with Gasteiger partial charge < -0.3 is 24.1 Å². The van der Waals surface area contributed by atoms with Crippen LogP contribution in [0.1, 0.15) is 12.5 Å². The van der Waals surface area contributed by atoms with Crippen molar-refractivity contribution in [2.24, 2.45) is 0 Å². The Kier molecular flexibility index (Phi) is 6.54. The summed E-state index contributed by atoms with van der Waals surface area (Å²) in [5, 5.41) is 10.6. The van der Waals surface area contributed by atoms with Crippen LogP contribution in [-0.4, -0.2) is 49.5 Å². The Morgan fingerprint density at radius 3 is 2.59 bits per heavy atom. The second-order valence-corrected chi connectivity index (χ2v) is 5.28. The third-order valence-electron chi connectivity index (χ3n) is 3.68. The van der Waals surface area contributed by atoms with Crippen LogP contribution in [0.4, 0.5) is 0 Å². The summed E-state index contributed by atoms with van der Waals surface area (Å²) in [6.45, 7) is 6.18. The molecular weight excluding hydrogens is 284 g/mol. The third-order valence-corrected chi connectivity index (χ3v) is 3.68. The van der Waals surface area contributed by atoms with Gasteiger partial charge in [-0.1, -0.05) is 36.4 Å². The minimum absolute atomic E-state index is 0.299. The summed E-state index contributed by atoms with van der Waals surface area (Å²) in [7, 11) is 1.53.